The Morgan fingerprint density at radius 1 is 1.00 bits per heavy atom. The molecule has 2 aromatic rings. The first-order valence-corrected chi connectivity index (χ1v) is 21.4. The van der Waals surface area contributed by atoms with E-state index in [4.69, 9.17) is 14.2 Å². The number of benzene rings is 1. The Labute approximate surface area is 333 Å². The summed E-state index contributed by atoms with van der Waals surface area (Å²) in [6.45, 7) is 1.14. The number of carbonyl (C=O) groups excluding carboxylic acids is 4. The maximum absolute atomic E-state index is 14.5. The van der Waals surface area contributed by atoms with Gasteiger partial charge in [0.15, 0.2) is 0 Å². The maximum Gasteiger partial charge on any atom is 0.438 e. The Balaban J connectivity index is 1.09. The van der Waals surface area contributed by atoms with E-state index >= 15 is 0 Å². The molecule has 0 bridgehead atoms. The van der Waals surface area contributed by atoms with Crippen molar-refractivity contribution >= 4 is 44.9 Å². The number of alkyl halides is 3. The molecule has 4 saturated carbocycles. The Hall–Kier alpha value is -4.68. The largest absolute Gasteiger partial charge is 0.497 e. The second kappa shape index (κ2) is 14.9. The third-order valence-electron chi connectivity index (χ3n) is 12.6. The van der Waals surface area contributed by atoms with E-state index in [9.17, 15) is 40.8 Å². The quantitative estimate of drug-likeness (QED) is 0.321. The molecule has 4 amide bonds. The Kier molecular flexibility index (Phi) is 10.3. The molecule has 58 heavy (non-hydrogen) atoms. The molecule has 0 radical (unpaired) electrons. The molecule has 5 fully saturated rings. The highest BCUT2D eigenvalue weighted by Crippen LogP contribution is 2.52. The number of fused-ring (bicyclic) bond motifs is 4. The molecule has 1 aromatic heterocycles. The number of allylic oxidation sites excluding steroid dienone is 1. The zero-order valence-corrected chi connectivity index (χ0v) is 33.0. The van der Waals surface area contributed by atoms with Crippen molar-refractivity contribution in [3.8, 4) is 11.6 Å². The van der Waals surface area contributed by atoms with Crippen molar-refractivity contribution in [2.75, 3.05) is 13.7 Å². The van der Waals surface area contributed by atoms with Crippen LogP contribution >= 0.6 is 0 Å². The number of methoxy groups -OCH3 is 1. The number of alkyl carbamates (subject to hydrolysis) is 1. The number of ether oxygens (including phenoxy) is 3. The zero-order chi connectivity index (χ0) is 41.2. The minimum Gasteiger partial charge on any atom is -0.497 e. The second-order valence-corrected chi connectivity index (χ2v) is 19.1. The molecule has 1 aromatic carbocycles. The zero-order valence-electron chi connectivity index (χ0n) is 32.2. The molecule has 314 valence electrons. The average molecular weight is 833 g/mol. The van der Waals surface area contributed by atoms with E-state index in [2.05, 4.69) is 25.3 Å². The first-order valence-electron chi connectivity index (χ1n) is 19.9. The molecular weight excluding hydrogens is 786 g/mol. The van der Waals surface area contributed by atoms with E-state index in [-0.39, 0.29) is 48.7 Å². The van der Waals surface area contributed by atoms with Crippen molar-refractivity contribution in [1.29, 1.82) is 0 Å². The van der Waals surface area contributed by atoms with E-state index in [1.165, 1.54) is 32.2 Å². The SMILES string of the molecule is COc1ccc2nc(O[C@@H]3C[C@H]4C(=O)N[C@]5(C(=O)NS(=O)(=O)C6(C)CC6)C[C@H]5/C=C\CCCCC[C@H](NC(=O)OC5C[C@@H]6C[C@@H]6C5)C(=O)N4C3)c(C(F)(F)F)nc2c1. The predicted octanol–water partition coefficient (Wildman–Crippen LogP) is 4.29. The molecule has 2 aliphatic heterocycles. The first kappa shape index (κ1) is 40.1. The molecule has 1 unspecified atom stereocenters. The van der Waals surface area contributed by atoms with Gasteiger partial charge in [-0.2, -0.15) is 13.2 Å². The molecule has 0 spiro atoms. The number of carbonyl (C=O) groups is 4. The third kappa shape index (κ3) is 8.02. The van der Waals surface area contributed by atoms with E-state index in [1.807, 2.05) is 6.08 Å². The van der Waals surface area contributed by atoms with Crippen LogP contribution in [0, 0.1) is 17.8 Å². The van der Waals surface area contributed by atoms with Crippen molar-refractivity contribution in [1.82, 2.24) is 30.2 Å². The van der Waals surface area contributed by atoms with Crippen LogP contribution in [-0.2, 0) is 35.3 Å². The highest BCUT2D eigenvalue weighted by Gasteiger charge is 2.63. The summed E-state index contributed by atoms with van der Waals surface area (Å²) in [6, 6.07) is 1.66. The summed E-state index contributed by atoms with van der Waals surface area (Å²) in [5, 5.41) is 5.45. The Morgan fingerprint density at radius 2 is 1.76 bits per heavy atom. The summed E-state index contributed by atoms with van der Waals surface area (Å²) in [4.78, 5) is 65.1. The minimum absolute atomic E-state index is 0.0728. The summed E-state index contributed by atoms with van der Waals surface area (Å²) >= 11 is 0. The van der Waals surface area contributed by atoms with Crippen molar-refractivity contribution in [2.45, 2.75) is 125 Å². The molecule has 3 heterocycles. The van der Waals surface area contributed by atoms with E-state index in [1.54, 1.807) is 6.08 Å². The van der Waals surface area contributed by atoms with Gasteiger partial charge in [0.25, 0.3) is 5.91 Å². The van der Waals surface area contributed by atoms with Crippen LogP contribution in [0.5, 0.6) is 11.6 Å². The molecule has 19 heteroatoms. The number of aromatic nitrogens is 2. The topological polar surface area (TPSA) is 195 Å². The summed E-state index contributed by atoms with van der Waals surface area (Å²) in [5.41, 5.74) is -3.12. The van der Waals surface area contributed by atoms with Crippen LogP contribution in [0.1, 0.15) is 89.7 Å². The van der Waals surface area contributed by atoms with E-state index in [0.29, 0.717) is 50.4 Å². The number of halogens is 3. The number of hydrogen-bond acceptors (Lipinski definition) is 11. The summed E-state index contributed by atoms with van der Waals surface area (Å²) in [6.07, 6.45) is 2.18. The Morgan fingerprint density at radius 3 is 2.47 bits per heavy atom. The Bertz CT molecular complexity index is 2140. The van der Waals surface area contributed by atoms with Crippen LogP contribution in [0.25, 0.3) is 11.0 Å². The lowest BCUT2D eigenvalue weighted by Gasteiger charge is -2.30. The summed E-state index contributed by atoms with van der Waals surface area (Å²) < 4.78 is 87.4. The van der Waals surface area contributed by atoms with Crippen molar-refractivity contribution in [3.63, 3.8) is 0 Å². The molecule has 8 rings (SSSR count). The van der Waals surface area contributed by atoms with Gasteiger partial charge in [-0.3, -0.25) is 19.1 Å². The fraction of sp³-hybridized carbons (Fsp3) is 0.641. The van der Waals surface area contributed by atoms with Crippen LogP contribution in [0.3, 0.4) is 0 Å². The van der Waals surface area contributed by atoms with Crippen molar-refractivity contribution < 1.29 is 55.0 Å². The number of nitrogens with one attached hydrogen (secondary N) is 3. The van der Waals surface area contributed by atoms with Gasteiger partial charge >= 0.3 is 12.3 Å². The molecular formula is C39H47F3N6O9S. The number of hydrogen-bond donors (Lipinski definition) is 3. The van der Waals surface area contributed by atoms with E-state index in [0.717, 1.165) is 24.2 Å². The van der Waals surface area contributed by atoms with Crippen molar-refractivity contribution in [2.24, 2.45) is 17.8 Å². The minimum atomic E-state index is -5.00. The predicted molar refractivity (Wildman–Crippen MR) is 200 cm³/mol. The van der Waals surface area contributed by atoms with Gasteiger partial charge in [-0.25, -0.2) is 23.2 Å². The second-order valence-electron chi connectivity index (χ2n) is 16.9. The maximum atomic E-state index is 14.5. The van der Waals surface area contributed by atoms with Gasteiger partial charge in [-0.05, 0) is 88.7 Å². The summed E-state index contributed by atoms with van der Waals surface area (Å²) in [5.74, 6) is -2.53. The van der Waals surface area contributed by atoms with Gasteiger partial charge in [0.05, 0.1) is 29.4 Å². The monoisotopic (exact) mass is 832 g/mol. The van der Waals surface area contributed by atoms with E-state index < -0.39 is 86.0 Å². The standard InChI is InChI=1S/C39H47F3N6O9S/c1-37(12-13-37)58(53,54)47-35(51)38-19-23(38)8-6-4-3-5-7-9-28(45-36(52)57-25-15-21-14-22(21)16-25)34(50)48-20-26(18-30(48)32(49)46-38)56-33-31(39(40,41)42)43-29-17-24(55-2)10-11-27(29)44-33/h6,8,10-11,17,21-23,25-26,28,30H,3-5,7,9,12-16,18-20H2,1-2H3,(H,45,52)(H,46,49)(H,47,51)/b8-6-/t21-,22+,23-,25?,26-,28+,30+,38-/m1/s1. The highest BCUT2D eigenvalue weighted by molar-refractivity contribution is 7.91. The molecule has 4 aliphatic carbocycles. The fourth-order valence-corrected chi connectivity index (χ4v) is 9.91. The highest BCUT2D eigenvalue weighted by atomic mass is 32.2. The smallest absolute Gasteiger partial charge is 0.438 e. The number of nitrogens with zero attached hydrogens (tertiary/aromatic N) is 3. The normalized spacial score (nSPS) is 32.3. The molecule has 3 N–H and O–H groups in total. The van der Waals surface area contributed by atoms with Crippen LogP contribution in [0.15, 0.2) is 30.4 Å². The van der Waals surface area contributed by atoms with Gasteiger partial charge in [0, 0.05) is 18.4 Å². The third-order valence-corrected chi connectivity index (χ3v) is 14.8. The molecule has 1 saturated heterocycles. The molecule has 8 atom stereocenters. The van der Waals surface area contributed by atoms with Gasteiger partial charge in [0.1, 0.15) is 35.6 Å². The molecule has 15 nitrogen and oxygen atoms in total. The lowest BCUT2D eigenvalue weighted by atomic mass is 10.0. The van der Waals surface area contributed by atoms with Crippen molar-refractivity contribution in [3.05, 3.63) is 36.0 Å². The fourth-order valence-electron chi connectivity index (χ4n) is 8.60. The lowest BCUT2D eigenvalue weighted by molar-refractivity contribution is -0.143. The van der Waals surface area contributed by atoms with Crippen LogP contribution in [-0.4, -0.2) is 95.3 Å². The van der Waals surface area contributed by atoms with Crippen LogP contribution in [0.4, 0.5) is 18.0 Å². The number of sulfonamides is 1. The van der Waals surface area contributed by atoms with Crippen LogP contribution < -0.4 is 24.8 Å². The van der Waals surface area contributed by atoms with Gasteiger partial charge < -0.3 is 29.7 Å². The van der Waals surface area contributed by atoms with Crippen LogP contribution in [0.2, 0.25) is 0 Å². The first-order chi connectivity index (χ1) is 27.5. The molecule has 6 aliphatic rings. The average Bonchev–Trinajstić information content (AvgIpc) is 4.12. The number of rotatable bonds is 8. The van der Waals surface area contributed by atoms with Gasteiger partial charge in [0.2, 0.25) is 33.4 Å². The lowest BCUT2D eigenvalue weighted by Crippen LogP contribution is -2.58. The van der Waals surface area contributed by atoms with Gasteiger partial charge in [-0.1, -0.05) is 25.0 Å². The summed E-state index contributed by atoms with van der Waals surface area (Å²) in [7, 11) is -2.73. The van der Waals surface area contributed by atoms with Gasteiger partial charge in [-0.15, -0.1) is 0 Å². The number of amides is 4.